The van der Waals surface area contributed by atoms with Gasteiger partial charge in [-0.2, -0.15) is 0 Å². The van der Waals surface area contributed by atoms with Crippen molar-refractivity contribution in [2.24, 2.45) is 0 Å². The van der Waals surface area contributed by atoms with E-state index in [2.05, 4.69) is 34.6 Å². The largest absolute Gasteiger partial charge is 0.213 e. The number of benzene rings is 3. The summed E-state index contributed by atoms with van der Waals surface area (Å²) >= 11 is 0. The standard InChI is InChI=1S/C16H11N3/c1-2-8-14(9-3-1)19-16-11-13-7-5-4-6-12(13)10-15(16)17-18-19/h1-11H. The Morgan fingerprint density at radius 2 is 1.42 bits per heavy atom. The normalized spacial score (nSPS) is 11.2. The van der Waals surface area contributed by atoms with Gasteiger partial charge in [0.05, 0.1) is 11.2 Å². The van der Waals surface area contributed by atoms with Crippen molar-refractivity contribution in [1.82, 2.24) is 15.0 Å². The molecule has 0 fully saturated rings. The first-order chi connectivity index (χ1) is 9.42. The van der Waals surface area contributed by atoms with Crippen molar-refractivity contribution in [3.05, 3.63) is 66.7 Å². The van der Waals surface area contributed by atoms with Gasteiger partial charge in [-0.05, 0) is 35.0 Å². The molecule has 4 rings (SSSR count). The minimum absolute atomic E-state index is 0.919. The molecule has 3 nitrogen and oxygen atoms in total. The Kier molecular flexibility index (Phi) is 2.12. The first-order valence-corrected chi connectivity index (χ1v) is 6.21. The van der Waals surface area contributed by atoms with Crippen LogP contribution in [0.5, 0.6) is 0 Å². The van der Waals surface area contributed by atoms with Crippen LogP contribution >= 0.6 is 0 Å². The fraction of sp³-hybridized carbons (Fsp3) is 0. The van der Waals surface area contributed by atoms with E-state index in [1.165, 1.54) is 10.8 Å². The topological polar surface area (TPSA) is 30.7 Å². The molecule has 0 aliphatic rings. The van der Waals surface area contributed by atoms with Gasteiger partial charge in [0.2, 0.25) is 0 Å². The van der Waals surface area contributed by atoms with Crippen LogP contribution in [0.15, 0.2) is 66.7 Å². The predicted octanol–water partition coefficient (Wildman–Crippen LogP) is 3.57. The lowest BCUT2D eigenvalue weighted by Crippen LogP contribution is -1.95. The molecule has 0 aliphatic carbocycles. The molecule has 3 aromatic carbocycles. The van der Waals surface area contributed by atoms with E-state index in [1.807, 2.05) is 47.1 Å². The van der Waals surface area contributed by atoms with Crippen molar-refractivity contribution < 1.29 is 0 Å². The molecule has 4 aromatic rings. The summed E-state index contributed by atoms with van der Waals surface area (Å²) in [6.07, 6.45) is 0. The molecule has 0 amide bonds. The Labute approximate surface area is 110 Å². The Hall–Kier alpha value is -2.68. The lowest BCUT2D eigenvalue weighted by Gasteiger charge is -2.02. The summed E-state index contributed by atoms with van der Waals surface area (Å²) in [6.45, 7) is 0. The van der Waals surface area contributed by atoms with Crippen molar-refractivity contribution in [2.75, 3.05) is 0 Å². The second-order valence-electron chi connectivity index (χ2n) is 4.52. The average molecular weight is 245 g/mol. The van der Waals surface area contributed by atoms with Crippen LogP contribution in [-0.4, -0.2) is 15.0 Å². The fourth-order valence-corrected chi connectivity index (χ4v) is 2.37. The summed E-state index contributed by atoms with van der Waals surface area (Å²) in [4.78, 5) is 0. The van der Waals surface area contributed by atoms with Gasteiger partial charge in [-0.15, -0.1) is 5.10 Å². The highest BCUT2D eigenvalue weighted by Gasteiger charge is 2.07. The van der Waals surface area contributed by atoms with E-state index in [0.29, 0.717) is 0 Å². The minimum Gasteiger partial charge on any atom is -0.213 e. The molecule has 0 saturated carbocycles. The summed E-state index contributed by atoms with van der Waals surface area (Å²) in [5.74, 6) is 0. The molecule has 19 heavy (non-hydrogen) atoms. The number of aromatic nitrogens is 3. The zero-order valence-electron chi connectivity index (χ0n) is 10.2. The van der Waals surface area contributed by atoms with Gasteiger partial charge in [0.25, 0.3) is 0 Å². The predicted molar refractivity (Wildman–Crippen MR) is 76.4 cm³/mol. The van der Waals surface area contributed by atoms with E-state index in [9.17, 15) is 0 Å². The molecule has 90 valence electrons. The van der Waals surface area contributed by atoms with Crippen LogP contribution in [0.25, 0.3) is 27.5 Å². The van der Waals surface area contributed by atoms with E-state index in [0.717, 1.165) is 16.7 Å². The molecule has 0 aliphatic heterocycles. The minimum atomic E-state index is 0.919. The molecule has 0 saturated heterocycles. The smallest absolute Gasteiger partial charge is 0.114 e. The van der Waals surface area contributed by atoms with Gasteiger partial charge in [-0.3, -0.25) is 0 Å². The molecule has 0 unspecified atom stereocenters. The zero-order valence-corrected chi connectivity index (χ0v) is 10.2. The molecule has 0 atom stereocenters. The summed E-state index contributed by atoms with van der Waals surface area (Å²) < 4.78 is 1.88. The van der Waals surface area contributed by atoms with Gasteiger partial charge >= 0.3 is 0 Å². The van der Waals surface area contributed by atoms with Crippen LogP contribution in [-0.2, 0) is 0 Å². The quantitative estimate of drug-likeness (QED) is 0.513. The van der Waals surface area contributed by atoms with Crippen LogP contribution in [0.1, 0.15) is 0 Å². The van der Waals surface area contributed by atoms with Crippen LogP contribution < -0.4 is 0 Å². The third-order valence-electron chi connectivity index (χ3n) is 3.31. The van der Waals surface area contributed by atoms with E-state index in [-0.39, 0.29) is 0 Å². The number of para-hydroxylation sites is 1. The van der Waals surface area contributed by atoms with E-state index in [1.54, 1.807) is 0 Å². The van der Waals surface area contributed by atoms with E-state index >= 15 is 0 Å². The van der Waals surface area contributed by atoms with Crippen LogP contribution in [0.3, 0.4) is 0 Å². The first-order valence-electron chi connectivity index (χ1n) is 6.21. The maximum absolute atomic E-state index is 4.26. The third kappa shape index (κ3) is 1.59. The highest BCUT2D eigenvalue weighted by atomic mass is 15.4. The first kappa shape index (κ1) is 10.3. The van der Waals surface area contributed by atoms with Crippen molar-refractivity contribution >= 4 is 21.8 Å². The molecule has 1 heterocycles. The second-order valence-corrected chi connectivity index (χ2v) is 4.52. The van der Waals surface area contributed by atoms with Crippen LogP contribution in [0.4, 0.5) is 0 Å². The Bertz CT molecular complexity index is 863. The number of hydrogen-bond donors (Lipinski definition) is 0. The molecular weight excluding hydrogens is 234 g/mol. The van der Waals surface area contributed by atoms with E-state index in [4.69, 9.17) is 0 Å². The molecule has 0 bridgehead atoms. The maximum Gasteiger partial charge on any atom is 0.114 e. The molecule has 1 aromatic heterocycles. The van der Waals surface area contributed by atoms with E-state index < -0.39 is 0 Å². The summed E-state index contributed by atoms with van der Waals surface area (Å²) in [7, 11) is 0. The highest BCUT2D eigenvalue weighted by molar-refractivity contribution is 5.95. The second kappa shape index (κ2) is 3.92. The Morgan fingerprint density at radius 3 is 2.21 bits per heavy atom. The van der Waals surface area contributed by atoms with Crippen LogP contribution in [0.2, 0.25) is 0 Å². The molecule has 0 N–H and O–H groups in total. The number of rotatable bonds is 1. The van der Waals surface area contributed by atoms with Gasteiger partial charge in [0, 0.05) is 0 Å². The average Bonchev–Trinajstić information content (AvgIpc) is 2.88. The van der Waals surface area contributed by atoms with Crippen LogP contribution in [0, 0.1) is 0 Å². The molecule has 0 spiro atoms. The van der Waals surface area contributed by atoms with Crippen molar-refractivity contribution in [2.45, 2.75) is 0 Å². The zero-order chi connectivity index (χ0) is 12.7. The number of fused-ring (bicyclic) bond motifs is 2. The van der Waals surface area contributed by atoms with Gasteiger partial charge in [-0.25, -0.2) is 4.68 Å². The van der Waals surface area contributed by atoms with Crippen molar-refractivity contribution in [1.29, 1.82) is 0 Å². The summed E-state index contributed by atoms with van der Waals surface area (Å²) in [5, 5.41) is 10.9. The van der Waals surface area contributed by atoms with Gasteiger partial charge < -0.3 is 0 Å². The molecule has 3 heteroatoms. The summed E-state index contributed by atoms with van der Waals surface area (Å²) in [5.41, 5.74) is 2.98. The van der Waals surface area contributed by atoms with Gasteiger partial charge in [-0.1, -0.05) is 47.7 Å². The van der Waals surface area contributed by atoms with Gasteiger partial charge in [0.15, 0.2) is 0 Å². The van der Waals surface area contributed by atoms with Crippen molar-refractivity contribution in [3.8, 4) is 5.69 Å². The lowest BCUT2D eigenvalue weighted by atomic mass is 10.1. The third-order valence-corrected chi connectivity index (χ3v) is 3.31. The highest BCUT2D eigenvalue weighted by Crippen LogP contribution is 2.22. The summed E-state index contributed by atoms with van der Waals surface area (Å²) in [6, 6.07) is 22.6. The SMILES string of the molecule is c1ccc(-n2nnc3cc4ccccc4cc32)cc1. The number of hydrogen-bond acceptors (Lipinski definition) is 2. The fourth-order valence-electron chi connectivity index (χ4n) is 2.37. The van der Waals surface area contributed by atoms with Gasteiger partial charge in [0.1, 0.15) is 5.52 Å². The Morgan fingerprint density at radius 1 is 0.737 bits per heavy atom. The molecular formula is C16H11N3. The van der Waals surface area contributed by atoms with Crippen molar-refractivity contribution in [3.63, 3.8) is 0 Å². The number of nitrogens with zero attached hydrogens (tertiary/aromatic N) is 3. The molecule has 0 radical (unpaired) electrons. The maximum atomic E-state index is 4.26. The monoisotopic (exact) mass is 245 g/mol. The Balaban J connectivity index is 2.05. The lowest BCUT2D eigenvalue weighted by molar-refractivity contribution is 0.824.